The molecule has 0 aliphatic heterocycles. The molecule has 2 aromatic rings. The zero-order chi connectivity index (χ0) is 14.5. The Labute approximate surface area is 131 Å². The van der Waals surface area contributed by atoms with Crippen LogP contribution < -0.4 is 5.32 Å². The molecule has 0 saturated carbocycles. The van der Waals surface area contributed by atoms with Crippen molar-refractivity contribution in [2.75, 3.05) is 12.4 Å². The van der Waals surface area contributed by atoms with Crippen molar-refractivity contribution >= 4 is 39.1 Å². The van der Waals surface area contributed by atoms with E-state index in [1.165, 1.54) is 0 Å². The molecule has 0 saturated heterocycles. The fraction of sp³-hybridized carbons (Fsp3) is 0.133. The topological polar surface area (TPSA) is 38.3 Å². The molecule has 3 nitrogen and oxygen atoms in total. The highest BCUT2D eigenvalue weighted by Crippen LogP contribution is 2.24. The Morgan fingerprint density at radius 1 is 1.30 bits per heavy atom. The number of hydrogen-bond donors (Lipinski definition) is 1. The minimum absolute atomic E-state index is 0.206. The van der Waals surface area contributed by atoms with Crippen molar-refractivity contribution in [3.05, 3.63) is 63.1 Å². The lowest BCUT2D eigenvalue weighted by molar-refractivity contribution is 0.102. The van der Waals surface area contributed by atoms with Crippen LogP contribution in [0.1, 0.15) is 15.9 Å². The van der Waals surface area contributed by atoms with Gasteiger partial charge in [-0.05, 0) is 40.2 Å². The van der Waals surface area contributed by atoms with E-state index in [-0.39, 0.29) is 5.91 Å². The van der Waals surface area contributed by atoms with Crippen LogP contribution in [-0.4, -0.2) is 13.0 Å². The van der Waals surface area contributed by atoms with Crippen LogP contribution in [-0.2, 0) is 11.3 Å². The molecule has 104 valence electrons. The Morgan fingerprint density at radius 3 is 2.75 bits per heavy atom. The molecular weight excluding hydrogens is 342 g/mol. The molecule has 0 aromatic heterocycles. The standard InChI is InChI=1S/C15H13BrClNO2/c1-20-9-11-4-2-3-5-14(11)18-15(19)10-6-7-12(16)13(17)8-10/h2-8H,9H2,1H3,(H,18,19). The molecule has 0 aliphatic rings. The number of para-hydroxylation sites is 1. The highest BCUT2D eigenvalue weighted by Gasteiger charge is 2.10. The first kappa shape index (κ1) is 15.0. The number of benzene rings is 2. The molecular formula is C15H13BrClNO2. The van der Waals surface area contributed by atoms with Gasteiger partial charge in [0.1, 0.15) is 0 Å². The zero-order valence-corrected chi connectivity index (χ0v) is 13.2. The predicted molar refractivity (Wildman–Crippen MR) is 84.3 cm³/mol. The van der Waals surface area contributed by atoms with E-state index in [4.69, 9.17) is 16.3 Å². The number of rotatable bonds is 4. The van der Waals surface area contributed by atoms with Gasteiger partial charge in [-0.25, -0.2) is 0 Å². The molecule has 0 fully saturated rings. The molecule has 0 bridgehead atoms. The lowest BCUT2D eigenvalue weighted by atomic mass is 10.1. The van der Waals surface area contributed by atoms with Gasteiger partial charge in [-0.3, -0.25) is 4.79 Å². The largest absolute Gasteiger partial charge is 0.380 e. The first-order valence-corrected chi connectivity index (χ1v) is 7.12. The van der Waals surface area contributed by atoms with E-state index < -0.39 is 0 Å². The van der Waals surface area contributed by atoms with Crippen LogP contribution in [0.3, 0.4) is 0 Å². The SMILES string of the molecule is COCc1ccccc1NC(=O)c1ccc(Br)c(Cl)c1. The molecule has 5 heteroatoms. The molecule has 0 radical (unpaired) electrons. The Morgan fingerprint density at radius 2 is 2.05 bits per heavy atom. The van der Waals surface area contributed by atoms with Crippen LogP contribution in [0.25, 0.3) is 0 Å². The summed E-state index contributed by atoms with van der Waals surface area (Å²) in [4.78, 5) is 12.2. The van der Waals surface area contributed by atoms with Gasteiger partial charge in [0.25, 0.3) is 5.91 Å². The van der Waals surface area contributed by atoms with Gasteiger partial charge in [0.2, 0.25) is 0 Å². The van der Waals surface area contributed by atoms with Crippen LogP contribution >= 0.6 is 27.5 Å². The number of amides is 1. The highest BCUT2D eigenvalue weighted by molar-refractivity contribution is 9.10. The van der Waals surface area contributed by atoms with Crippen LogP contribution in [0, 0.1) is 0 Å². The molecule has 1 amide bonds. The minimum Gasteiger partial charge on any atom is -0.380 e. The number of hydrogen-bond acceptors (Lipinski definition) is 2. The van der Waals surface area contributed by atoms with Gasteiger partial charge in [0.05, 0.1) is 11.6 Å². The summed E-state index contributed by atoms with van der Waals surface area (Å²) in [6.45, 7) is 0.442. The lowest BCUT2D eigenvalue weighted by Crippen LogP contribution is -2.13. The van der Waals surface area contributed by atoms with Crippen LogP contribution in [0.15, 0.2) is 46.9 Å². The zero-order valence-electron chi connectivity index (χ0n) is 10.8. The van der Waals surface area contributed by atoms with E-state index in [0.717, 1.165) is 15.7 Å². The second-order valence-corrected chi connectivity index (χ2v) is 5.43. The second kappa shape index (κ2) is 6.88. The van der Waals surface area contributed by atoms with Crippen molar-refractivity contribution in [3.8, 4) is 0 Å². The van der Waals surface area contributed by atoms with Gasteiger partial charge in [-0.15, -0.1) is 0 Å². The van der Waals surface area contributed by atoms with E-state index in [1.807, 2.05) is 24.3 Å². The van der Waals surface area contributed by atoms with Gasteiger partial charge in [0, 0.05) is 28.4 Å². The molecule has 0 heterocycles. The van der Waals surface area contributed by atoms with E-state index in [2.05, 4.69) is 21.2 Å². The fourth-order valence-corrected chi connectivity index (χ4v) is 2.18. The third-order valence-corrected chi connectivity index (χ3v) is 3.98. The lowest BCUT2D eigenvalue weighted by Gasteiger charge is -2.10. The molecule has 0 spiro atoms. The number of methoxy groups -OCH3 is 1. The third-order valence-electron chi connectivity index (χ3n) is 2.75. The second-order valence-electron chi connectivity index (χ2n) is 4.17. The van der Waals surface area contributed by atoms with E-state index in [0.29, 0.717) is 17.2 Å². The maximum absolute atomic E-state index is 12.2. The van der Waals surface area contributed by atoms with Crippen molar-refractivity contribution in [1.29, 1.82) is 0 Å². The number of ether oxygens (including phenoxy) is 1. The van der Waals surface area contributed by atoms with Crippen LogP contribution in [0.4, 0.5) is 5.69 Å². The maximum atomic E-state index is 12.2. The molecule has 2 rings (SSSR count). The maximum Gasteiger partial charge on any atom is 0.255 e. The average Bonchev–Trinajstić information content (AvgIpc) is 2.44. The summed E-state index contributed by atoms with van der Waals surface area (Å²) in [5, 5.41) is 3.37. The molecule has 2 aromatic carbocycles. The number of carbonyl (C=O) groups excluding carboxylic acids is 1. The smallest absolute Gasteiger partial charge is 0.255 e. The first-order valence-electron chi connectivity index (χ1n) is 5.95. The Balaban J connectivity index is 2.21. The van der Waals surface area contributed by atoms with Gasteiger partial charge in [-0.2, -0.15) is 0 Å². The van der Waals surface area contributed by atoms with Gasteiger partial charge in [-0.1, -0.05) is 29.8 Å². The van der Waals surface area contributed by atoms with E-state index in [1.54, 1.807) is 25.3 Å². The van der Waals surface area contributed by atoms with Gasteiger partial charge < -0.3 is 10.1 Å². The number of anilines is 1. The van der Waals surface area contributed by atoms with Gasteiger partial charge in [0.15, 0.2) is 0 Å². The van der Waals surface area contributed by atoms with Crippen molar-refractivity contribution in [2.45, 2.75) is 6.61 Å². The van der Waals surface area contributed by atoms with Crippen molar-refractivity contribution in [1.82, 2.24) is 0 Å². The molecule has 0 unspecified atom stereocenters. The molecule has 20 heavy (non-hydrogen) atoms. The molecule has 1 N–H and O–H groups in total. The molecule has 0 aliphatic carbocycles. The van der Waals surface area contributed by atoms with Crippen molar-refractivity contribution in [3.63, 3.8) is 0 Å². The van der Waals surface area contributed by atoms with Crippen LogP contribution in [0.5, 0.6) is 0 Å². The number of carbonyl (C=O) groups is 1. The summed E-state index contributed by atoms with van der Waals surface area (Å²) in [6, 6.07) is 12.6. The van der Waals surface area contributed by atoms with Crippen molar-refractivity contribution in [2.24, 2.45) is 0 Å². The quantitative estimate of drug-likeness (QED) is 0.878. The highest BCUT2D eigenvalue weighted by atomic mass is 79.9. The Hall–Kier alpha value is -1.36. The minimum atomic E-state index is -0.206. The summed E-state index contributed by atoms with van der Waals surface area (Å²) >= 11 is 9.29. The summed E-state index contributed by atoms with van der Waals surface area (Å²) in [5.41, 5.74) is 2.16. The predicted octanol–water partition coefficient (Wildman–Crippen LogP) is 4.50. The summed E-state index contributed by atoms with van der Waals surface area (Å²) < 4.78 is 5.87. The number of nitrogens with one attached hydrogen (secondary N) is 1. The fourth-order valence-electron chi connectivity index (χ4n) is 1.76. The van der Waals surface area contributed by atoms with E-state index in [9.17, 15) is 4.79 Å². The Kier molecular flexibility index (Phi) is 5.17. The third kappa shape index (κ3) is 3.60. The number of halogens is 2. The summed E-state index contributed by atoms with van der Waals surface area (Å²) in [6.07, 6.45) is 0. The monoisotopic (exact) mass is 353 g/mol. The van der Waals surface area contributed by atoms with Crippen LogP contribution in [0.2, 0.25) is 5.02 Å². The Bertz CT molecular complexity index is 631. The summed E-state index contributed by atoms with van der Waals surface area (Å²) in [7, 11) is 1.62. The molecule has 0 atom stereocenters. The normalized spacial score (nSPS) is 10.3. The van der Waals surface area contributed by atoms with Gasteiger partial charge >= 0.3 is 0 Å². The average molecular weight is 355 g/mol. The summed E-state index contributed by atoms with van der Waals surface area (Å²) in [5.74, 6) is -0.206. The van der Waals surface area contributed by atoms with Crippen molar-refractivity contribution < 1.29 is 9.53 Å². The first-order chi connectivity index (χ1) is 9.61. The van der Waals surface area contributed by atoms with E-state index >= 15 is 0 Å².